The average molecular weight is 191 g/mol. The van der Waals surface area contributed by atoms with Crippen molar-refractivity contribution >= 4 is 5.57 Å². The van der Waals surface area contributed by atoms with Crippen LogP contribution in [0.2, 0.25) is 0 Å². The molecule has 0 N–H and O–H groups in total. The van der Waals surface area contributed by atoms with Crippen molar-refractivity contribution in [3.05, 3.63) is 30.1 Å². The van der Waals surface area contributed by atoms with Gasteiger partial charge in [-0.25, -0.2) is 4.98 Å². The molecule has 0 radical (unpaired) electrons. The van der Waals surface area contributed by atoms with E-state index in [0.717, 1.165) is 22.7 Å². The van der Waals surface area contributed by atoms with Gasteiger partial charge in [0, 0.05) is 0 Å². The molecule has 0 saturated carbocycles. The Bertz CT molecular complexity index is 342. The van der Waals surface area contributed by atoms with Crippen LogP contribution in [0.3, 0.4) is 0 Å². The summed E-state index contributed by atoms with van der Waals surface area (Å²) in [6, 6.07) is 3.89. The molecule has 0 aliphatic heterocycles. The van der Waals surface area contributed by atoms with Crippen LogP contribution in [0.25, 0.3) is 5.57 Å². The molecule has 0 amide bonds. The highest BCUT2D eigenvalue weighted by Gasteiger charge is 2.09. The Morgan fingerprint density at radius 1 is 1.43 bits per heavy atom. The average Bonchev–Trinajstić information content (AvgIpc) is 2.16. The van der Waals surface area contributed by atoms with Crippen LogP contribution in [0.1, 0.15) is 38.1 Å². The molecule has 0 spiro atoms. The van der Waals surface area contributed by atoms with E-state index in [1.54, 1.807) is 7.11 Å². The summed E-state index contributed by atoms with van der Waals surface area (Å²) < 4.78 is 5.25. The Balaban J connectivity index is 3.20. The first-order chi connectivity index (χ1) is 6.56. The topological polar surface area (TPSA) is 22.1 Å². The predicted octanol–water partition coefficient (Wildman–Crippen LogP) is 3.25. The van der Waals surface area contributed by atoms with Gasteiger partial charge in [-0.3, -0.25) is 0 Å². The van der Waals surface area contributed by atoms with Gasteiger partial charge in [0.05, 0.1) is 18.5 Å². The Kier molecular flexibility index (Phi) is 3.28. The molecule has 0 saturated heterocycles. The van der Waals surface area contributed by atoms with E-state index in [-0.39, 0.29) is 0 Å². The minimum Gasteiger partial charge on any atom is -0.495 e. The third-order valence-corrected chi connectivity index (χ3v) is 2.09. The lowest BCUT2D eigenvalue weighted by atomic mass is 10.1. The van der Waals surface area contributed by atoms with E-state index in [4.69, 9.17) is 4.74 Å². The zero-order valence-corrected chi connectivity index (χ0v) is 9.29. The monoisotopic (exact) mass is 191 g/mol. The Morgan fingerprint density at radius 2 is 2.07 bits per heavy atom. The molecule has 0 unspecified atom stereocenters. The van der Waals surface area contributed by atoms with Crippen LogP contribution >= 0.6 is 0 Å². The summed E-state index contributed by atoms with van der Waals surface area (Å²) in [7, 11) is 1.67. The Labute approximate surface area is 85.6 Å². The van der Waals surface area contributed by atoms with Crippen molar-refractivity contribution in [3.8, 4) is 5.75 Å². The molecule has 0 fully saturated rings. The van der Waals surface area contributed by atoms with Crippen LogP contribution in [-0.4, -0.2) is 12.1 Å². The van der Waals surface area contributed by atoms with Crippen molar-refractivity contribution in [1.82, 2.24) is 4.98 Å². The van der Waals surface area contributed by atoms with Gasteiger partial charge in [0.1, 0.15) is 5.75 Å². The maximum absolute atomic E-state index is 5.25. The molecular weight excluding hydrogens is 174 g/mol. The van der Waals surface area contributed by atoms with E-state index in [2.05, 4.69) is 25.4 Å². The maximum Gasteiger partial charge on any atom is 0.140 e. The van der Waals surface area contributed by atoms with E-state index >= 15 is 0 Å². The maximum atomic E-state index is 5.25. The highest BCUT2D eigenvalue weighted by atomic mass is 16.5. The van der Waals surface area contributed by atoms with Gasteiger partial charge in [0.25, 0.3) is 0 Å². The summed E-state index contributed by atoms with van der Waals surface area (Å²) >= 11 is 0. The molecule has 1 heterocycles. The van der Waals surface area contributed by atoms with Gasteiger partial charge >= 0.3 is 0 Å². The van der Waals surface area contributed by atoms with Gasteiger partial charge < -0.3 is 4.74 Å². The molecular formula is C12H17NO. The Hall–Kier alpha value is -1.31. The van der Waals surface area contributed by atoms with Gasteiger partial charge in [-0.15, -0.1) is 0 Å². The van der Waals surface area contributed by atoms with Crippen molar-refractivity contribution in [2.24, 2.45) is 0 Å². The van der Waals surface area contributed by atoms with E-state index in [1.807, 2.05) is 19.1 Å². The number of nitrogens with zero attached hydrogens (tertiary/aromatic N) is 1. The van der Waals surface area contributed by atoms with E-state index in [0.29, 0.717) is 5.92 Å². The largest absolute Gasteiger partial charge is 0.495 e. The normalized spacial score (nSPS) is 10.4. The number of hydrogen-bond acceptors (Lipinski definition) is 2. The van der Waals surface area contributed by atoms with Crippen molar-refractivity contribution in [3.63, 3.8) is 0 Å². The molecule has 14 heavy (non-hydrogen) atoms. The molecule has 0 atom stereocenters. The molecule has 2 heteroatoms. The highest BCUT2D eigenvalue weighted by molar-refractivity contribution is 5.58. The minimum atomic E-state index is 0.365. The number of aromatic nitrogens is 1. The van der Waals surface area contributed by atoms with Crippen molar-refractivity contribution in [2.45, 2.75) is 26.7 Å². The summed E-state index contributed by atoms with van der Waals surface area (Å²) in [6.07, 6.45) is 0. The van der Waals surface area contributed by atoms with Gasteiger partial charge in [-0.2, -0.15) is 0 Å². The first-order valence-electron chi connectivity index (χ1n) is 4.77. The van der Waals surface area contributed by atoms with E-state index in [9.17, 15) is 0 Å². The van der Waals surface area contributed by atoms with Crippen LogP contribution < -0.4 is 4.74 Å². The van der Waals surface area contributed by atoms with Crippen molar-refractivity contribution < 1.29 is 4.74 Å². The van der Waals surface area contributed by atoms with Crippen molar-refractivity contribution in [2.75, 3.05) is 7.11 Å². The predicted molar refractivity (Wildman–Crippen MR) is 59.6 cm³/mol. The minimum absolute atomic E-state index is 0.365. The molecule has 1 aromatic heterocycles. The standard InChI is InChI=1S/C12H17NO/c1-8(2)10-6-7-11(14-5)12(13-10)9(3)4/h6-7,9H,1H2,2-5H3. The SMILES string of the molecule is C=C(C)c1ccc(OC)c(C(C)C)n1. The zero-order valence-electron chi connectivity index (χ0n) is 9.29. The summed E-state index contributed by atoms with van der Waals surface area (Å²) in [4.78, 5) is 4.52. The zero-order chi connectivity index (χ0) is 10.7. The molecule has 76 valence electrons. The lowest BCUT2D eigenvalue weighted by Gasteiger charge is -2.12. The van der Waals surface area contributed by atoms with Gasteiger partial charge in [0.15, 0.2) is 0 Å². The molecule has 0 aliphatic rings. The number of pyridine rings is 1. The lowest BCUT2D eigenvalue weighted by Crippen LogP contribution is -2.00. The van der Waals surface area contributed by atoms with Gasteiger partial charge in [0.2, 0.25) is 0 Å². The quantitative estimate of drug-likeness (QED) is 0.731. The number of rotatable bonds is 3. The number of ether oxygens (including phenoxy) is 1. The van der Waals surface area contributed by atoms with Crippen LogP contribution in [0.15, 0.2) is 18.7 Å². The first-order valence-corrected chi connectivity index (χ1v) is 4.77. The second-order valence-corrected chi connectivity index (χ2v) is 3.72. The van der Waals surface area contributed by atoms with Crippen LogP contribution in [0.5, 0.6) is 5.75 Å². The molecule has 1 rings (SSSR count). The third kappa shape index (κ3) is 2.13. The van der Waals surface area contributed by atoms with Crippen LogP contribution in [0, 0.1) is 0 Å². The number of hydrogen-bond donors (Lipinski definition) is 0. The fourth-order valence-electron chi connectivity index (χ4n) is 1.29. The second-order valence-electron chi connectivity index (χ2n) is 3.72. The van der Waals surface area contributed by atoms with Crippen molar-refractivity contribution in [1.29, 1.82) is 0 Å². The number of allylic oxidation sites excluding steroid dienone is 1. The summed E-state index contributed by atoms with van der Waals surface area (Å²) in [5.74, 6) is 1.22. The van der Waals surface area contributed by atoms with E-state index < -0.39 is 0 Å². The second kappa shape index (κ2) is 4.27. The molecule has 0 aliphatic carbocycles. The Morgan fingerprint density at radius 3 is 2.50 bits per heavy atom. The summed E-state index contributed by atoms with van der Waals surface area (Å²) in [5.41, 5.74) is 2.91. The smallest absolute Gasteiger partial charge is 0.140 e. The summed E-state index contributed by atoms with van der Waals surface area (Å²) in [5, 5.41) is 0. The van der Waals surface area contributed by atoms with Crippen LogP contribution in [-0.2, 0) is 0 Å². The van der Waals surface area contributed by atoms with Crippen LogP contribution in [0.4, 0.5) is 0 Å². The fraction of sp³-hybridized carbons (Fsp3) is 0.417. The fourth-order valence-corrected chi connectivity index (χ4v) is 1.29. The molecule has 0 aromatic carbocycles. The first kappa shape index (κ1) is 10.8. The summed E-state index contributed by atoms with van der Waals surface area (Å²) in [6.45, 7) is 10.0. The molecule has 1 aromatic rings. The molecule has 2 nitrogen and oxygen atoms in total. The molecule has 0 bridgehead atoms. The number of methoxy groups -OCH3 is 1. The highest BCUT2D eigenvalue weighted by Crippen LogP contribution is 2.25. The third-order valence-electron chi connectivity index (χ3n) is 2.09. The van der Waals surface area contributed by atoms with E-state index in [1.165, 1.54) is 0 Å². The van der Waals surface area contributed by atoms with Gasteiger partial charge in [-0.1, -0.05) is 20.4 Å². The van der Waals surface area contributed by atoms with Gasteiger partial charge in [-0.05, 0) is 30.5 Å². The lowest BCUT2D eigenvalue weighted by molar-refractivity contribution is 0.404.